The highest BCUT2D eigenvalue weighted by Crippen LogP contribution is 2.36. The molecule has 2 aromatic rings. The molecule has 6 nitrogen and oxygen atoms in total. The average molecular weight is 380 g/mol. The van der Waals surface area contributed by atoms with Crippen molar-refractivity contribution < 1.29 is 22.1 Å². The number of benzene rings is 2. The minimum atomic E-state index is -3.98. The molecule has 0 saturated carbocycles. The normalized spacial score (nSPS) is 14.7. The summed E-state index contributed by atoms with van der Waals surface area (Å²) in [4.78, 5) is 11.5. The largest absolute Gasteiger partial charge is 0.488 e. The van der Waals surface area contributed by atoms with E-state index in [-0.39, 0.29) is 23.2 Å². The molecule has 0 aliphatic carbocycles. The molecule has 0 fully saturated rings. The van der Waals surface area contributed by atoms with Crippen molar-refractivity contribution in [2.75, 3.05) is 13.7 Å². The third-order valence-electron chi connectivity index (χ3n) is 3.54. The molecule has 8 heteroatoms. The Labute approximate surface area is 150 Å². The minimum absolute atomic E-state index is 0.00137. The maximum Gasteiger partial charge on any atom is 0.339 e. The van der Waals surface area contributed by atoms with Crippen LogP contribution in [0.4, 0.5) is 0 Å². The lowest BCUT2D eigenvalue weighted by molar-refractivity contribution is -0.116. The molecule has 0 aromatic heterocycles. The molecule has 0 spiro atoms. The summed E-state index contributed by atoms with van der Waals surface area (Å²) in [6, 6.07) is 10.3. The molecule has 1 N–H and O–H groups in total. The number of hydrogen-bond acceptors (Lipinski definition) is 5. The second-order valence-corrected chi connectivity index (χ2v) is 7.20. The number of fused-ring (bicyclic) bond motifs is 1. The summed E-state index contributed by atoms with van der Waals surface area (Å²) in [6.45, 7) is 0.232. The van der Waals surface area contributed by atoms with Gasteiger partial charge in [0.05, 0.1) is 0 Å². The quantitative estimate of drug-likeness (QED) is 0.652. The molecule has 2 aromatic carbocycles. The van der Waals surface area contributed by atoms with Crippen molar-refractivity contribution in [1.82, 2.24) is 5.32 Å². The Balaban J connectivity index is 1.85. The molecule has 0 bridgehead atoms. The Morgan fingerprint density at radius 1 is 1.24 bits per heavy atom. The lowest BCUT2D eigenvalue weighted by Crippen LogP contribution is -2.15. The molecule has 1 heterocycles. The van der Waals surface area contributed by atoms with Gasteiger partial charge in [0.2, 0.25) is 5.91 Å². The van der Waals surface area contributed by atoms with Gasteiger partial charge < -0.3 is 14.2 Å². The molecule has 0 unspecified atom stereocenters. The molecule has 0 radical (unpaired) electrons. The topological polar surface area (TPSA) is 81.7 Å². The van der Waals surface area contributed by atoms with E-state index in [9.17, 15) is 13.2 Å². The van der Waals surface area contributed by atoms with Crippen LogP contribution in [0.3, 0.4) is 0 Å². The van der Waals surface area contributed by atoms with E-state index in [1.165, 1.54) is 49.5 Å². The molecule has 3 rings (SSSR count). The Hall–Kier alpha value is -2.51. The maximum atomic E-state index is 12.3. The second-order valence-electron chi connectivity index (χ2n) is 5.22. The Bertz CT molecular complexity index is 952. The first kappa shape index (κ1) is 17.3. The number of hydrogen-bond donors (Lipinski definition) is 1. The predicted octanol–water partition coefficient (Wildman–Crippen LogP) is 2.63. The monoisotopic (exact) mass is 379 g/mol. The van der Waals surface area contributed by atoms with E-state index in [1.54, 1.807) is 6.07 Å². The van der Waals surface area contributed by atoms with Crippen molar-refractivity contribution in [2.24, 2.45) is 0 Å². The summed E-state index contributed by atoms with van der Waals surface area (Å²) in [7, 11) is -2.44. The van der Waals surface area contributed by atoms with Gasteiger partial charge in [-0.15, -0.1) is 0 Å². The molecule has 1 aliphatic heterocycles. The lowest BCUT2D eigenvalue weighted by atomic mass is 10.1. The van der Waals surface area contributed by atoms with Crippen LogP contribution in [0, 0.1) is 0 Å². The van der Waals surface area contributed by atoms with Crippen molar-refractivity contribution >= 4 is 33.2 Å². The first-order valence-corrected chi connectivity index (χ1v) is 9.07. The smallest absolute Gasteiger partial charge is 0.339 e. The summed E-state index contributed by atoms with van der Waals surface area (Å²) >= 11 is 5.76. The van der Waals surface area contributed by atoms with Crippen LogP contribution < -0.4 is 14.2 Å². The van der Waals surface area contributed by atoms with Gasteiger partial charge in [0.1, 0.15) is 23.0 Å². The van der Waals surface area contributed by atoms with Gasteiger partial charge in [-0.2, -0.15) is 8.42 Å². The van der Waals surface area contributed by atoms with Gasteiger partial charge >= 0.3 is 10.1 Å². The standard InChI is InChI=1S/C17H14ClNO5S/c1-19-17(20)8-11-10-23-16-9-13(4-7-15(11)16)24-25(21,22)14-5-2-12(18)3-6-14/h2-9H,10H2,1H3,(H,19,20)/b11-8-. The van der Waals surface area contributed by atoms with Crippen molar-refractivity contribution in [3.63, 3.8) is 0 Å². The number of carbonyl (C=O) groups is 1. The summed E-state index contributed by atoms with van der Waals surface area (Å²) in [5.41, 5.74) is 1.43. The van der Waals surface area contributed by atoms with E-state index in [1.807, 2.05) is 0 Å². The van der Waals surface area contributed by atoms with Crippen molar-refractivity contribution in [3.05, 3.63) is 59.1 Å². The van der Waals surface area contributed by atoms with E-state index in [4.69, 9.17) is 20.5 Å². The SMILES string of the molecule is CNC(=O)/C=C1/COc2cc(OS(=O)(=O)c3ccc(Cl)cc3)ccc21. The molecule has 1 aliphatic rings. The van der Waals surface area contributed by atoms with Crippen LogP contribution in [0.15, 0.2) is 53.4 Å². The third-order valence-corrected chi connectivity index (χ3v) is 5.06. The van der Waals surface area contributed by atoms with Gasteiger partial charge in [-0.3, -0.25) is 4.79 Å². The highest BCUT2D eigenvalue weighted by Gasteiger charge is 2.22. The highest BCUT2D eigenvalue weighted by atomic mass is 35.5. The number of rotatable bonds is 4. The van der Waals surface area contributed by atoms with Crippen molar-refractivity contribution in [2.45, 2.75) is 4.90 Å². The molecule has 0 atom stereocenters. The van der Waals surface area contributed by atoms with Crippen LogP contribution in [0.25, 0.3) is 5.57 Å². The van der Waals surface area contributed by atoms with E-state index in [0.717, 1.165) is 5.56 Å². The number of halogens is 1. The Morgan fingerprint density at radius 3 is 2.64 bits per heavy atom. The fourth-order valence-corrected chi connectivity index (χ4v) is 3.35. The van der Waals surface area contributed by atoms with E-state index in [2.05, 4.69) is 5.32 Å². The minimum Gasteiger partial charge on any atom is -0.488 e. The zero-order valence-corrected chi connectivity index (χ0v) is 14.7. The Morgan fingerprint density at radius 2 is 1.96 bits per heavy atom. The van der Waals surface area contributed by atoms with E-state index in [0.29, 0.717) is 16.3 Å². The van der Waals surface area contributed by atoms with E-state index < -0.39 is 10.1 Å². The third kappa shape index (κ3) is 3.78. The van der Waals surface area contributed by atoms with Crippen LogP contribution in [-0.4, -0.2) is 28.0 Å². The van der Waals surface area contributed by atoms with Gasteiger partial charge in [0.15, 0.2) is 0 Å². The number of nitrogens with one attached hydrogen (secondary N) is 1. The van der Waals surface area contributed by atoms with Gasteiger partial charge in [0, 0.05) is 35.3 Å². The molecule has 1 amide bonds. The molecule has 25 heavy (non-hydrogen) atoms. The van der Waals surface area contributed by atoms with Gasteiger partial charge in [-0.25, -0.2) is 0 Å². The number of likely N-dealkylation sites (N-methyl/N-ethyl adjacent to an activating group) is 1. The number of ether oxygens (including phenoxy) is 1. The van der Waals surface area contributed by atoms with Crippen molar-refractivity contribution in [1.29, 1.82) is 0 Å². The average Bonchev–Trinajstić information content (AvgIpc) is 2.97. The zero-order chi connectivity index (χ0) is 18.0. The predicted molar refractivity (Wildman–Crippen MR) is 93.2 cm³/mol. The van der Waals surface area contributed by atoms with Crippen LogP contribution >= 0.6 is 11.6 Å². The molecular weight excluding hydrogens is 366 g/mol. The Kier molecular flexibility index (Phi) is 4.69. The van der Waals surface area contributed by atoms with Gasteiger partial charge in [0.25, 0.3) is 0 Å². The molecular formula is C17H14ClNO5S. The number of carbonyl (C=O) groups excluding carboxylic acids is 1. The summed E-state index contributed by atoms with van der Waals surface area (Å²) in [5, 5.41) is 2.93. The van der Waals surface area contributed by atoms with Crippen LogP contribution in [-0.2, 0) is 14.9 Å². The zero-order valence-electron chi connectivity index (χ0n) is 13.2. The summed E-state index contributed by atoms with van der Waals surface area (Å²) < 4.78 is 35.2. The maximum absolute atomic E-state index is 12.3. The highest BCUT2D eigenvalue weighted by molar-refractivity contribution is 7.87. The van der Waals surface area contributed by atoms with Crippen LogP contribution in [0.2, 0.25) is 5.02 Å². The molecule has 0 saturated heterocycles. The van der Waals surface area contributed by atoms with Crippen LogP contribution in [0.1, 0.15) is 5.56 Å². The molecule has 130 valence electrons. The van der Waals surface area contributed by atoms with Crippen molar-refractivity contribution in [3.8, 4) is 11.5 Å². The lowest BCUT2D eigenvalue weighted by Gasteiger charge is -2.08. The fourth-order valence-electron chi connectivity index (χ4n) is 2.30. The summed E-state index contributed by atoms with van der Waals surface area (Å²) in [6.07, 6.45) is 1.44. The van der Waals surface area contributed by atoms with E-state index >= 15 is 0 Å². The van der Waals surface area contributed by atoms with Gasteiger partial charge in [-0.05, 0) is 36.4 Å². The van der Waals surface area contributed by atoms with Crippen LogP contribution in [0.5, 0.6) is 11.5 Å². The van der Waals surface area contributed by atoms with Gasteiger partial charge in [-0.1, -0.05) is 11.6 Å². The first-order chi connectivity index (χ1) is 11.9. The second kappa shape index (κ2) is 6.78. The first-order valence-electron chi connectivity index (χ1n) is 7.28. The fraction of sp³-hybridized carbons (Fsp3) is 0.118. The summed E-state index contributed by atoms with van der Waals surface area (Å²) in [5.74, 6) is 0.339. The number of amides is 1.